The molecule has 0 bridgehead atoms. The molecule has 0 atom stereocenters. The smallest absolute Gasteiger partial charge is 0.322 e. The average Bonchev–Trinajstić information content (AvgIpc) is 3.05. The maximum Gasteiger partial charge on any atom is 0.322 e. The summed E-state index contributed by atoms with van der Waals surface area (Å²) in [6.07, 6.45) is 0. The van der Waals surface area contributed by atoms with E-state index < -0.39 is 0 Å². The van der Waals surface area contributed by atoms with Crippen molar-refractivity contribution < 1.29 is 13.6 Å². The fourth-order valence-electron chi connectivity index (χ4n) is 2.19. The van der Waals surface area contributed by atoms with E-state index in [1.165, 1.54) is 0 Å². The van der Waals surface area contributed by atoms with Crippen molar-refractivity contribution in [1.82, 2.24) is 10.2 Å². The third-order valence-electron chi connectivity index (χ3n) is 3.20. The van der Waals surface area contributed by atoms with E-state index in [9.17, 15) is 4.79 Å². The molecule has 1 N–H and O–H groups in total. The summed E-state index contributed by atoms with van der Waals surface area (Å²) in [5.41, 5.74) is 2.35. The van der Waals surface area contributed by atoms with Crippen LogP contribution < -0.4 is 5.32 Å². The van der Waals surface area contributed by atoms with Crippen LogP contribution in [0.1, 0.15) is 27.4 Å². The lowest BCUT2D eigenvalue weighted by molar-refractivity contribution is 0.102. The first-order chi connectivity index (χ1) is 10.5. The predicted molar refractivity (Wildman–Crippen MR) is 80.6 cm³/mol. The van der Waals surface area contributed by atoms with Crippen LogP contribution in [0.25, 0.3) is 11.5 Å². The molecule has 0 fully saturated rings. The fraction of sp³-hybridized carbons (Fsp3) is 0.188. The highest BCUT2D eigenvalue weighted by Crippen LogP contribution is 2.21. The van der Waals surface area contributed by atoms with Crippen LogP contribution in [0.4, 0.5) is 6.01 Å². The zero-order valence-electron chi connectivity index (χ0n) is 12.5. The summed E-state index contributed by atoms with van der Waals surface area (Å²) in [5.74, 6) is 1.25. The molecule has 0 saturated carbocycles. The molecule has 0 aliphatic rings. The Hall–Kier alpha value is -2.89. The standard InChI is InChI=1S/C16H15N3O3/c1-9-5-4-6-12(7-9)15-18-19-16(22-15)17-14(20)13-8-10(2)21-11(13)3/h4-8H,1-3H3,(H,17,19,20). The Kier molecular flexibility index (Phi) is 3.50. The van der Waals surface area contributed by atoms with Gasteiger partial charge in [0.2, 0.25) is 5.89 Å². The second-order valence-corrected chi connectivity index (χ2v) is 5.06. The van der Waals surface area contributed by atoms with Gasteiger partial charge in [-0.15, -0.1) is 5.10 Å². The Morgan fingerprint density at radius 2 is 1.91 bits per heavy atom. The van der Waals surface area contributed by atoms with Crippen LogP contribution in [0.5, 0.6) is 0 Å². The minimum absolute atomic E-state index is 0.0553. The number of hydrogen-bond donors (Lipinski definition) is 1. The lowest BCUT2D eigenvalue weighted by atomic mass is 10.1. The first-order valence-electron chi connectivity index (χ1n) is 6.82. The van der Waals surface area contributed by atoms with Crippen molar-refractivity contribution >= 4 is 11.9 Å². The van der Waals surface area contributed by atoms with Gasteiger partial charge in [0.15, 0.2) is 0 Å². The highest BCUT2D eigenvalue weighted by Gasteiger charge is 2.17. The van der Waals surface area contributed by atoms with E-state index in [0.717, 1.165) is 11.1 Å². The highest BCUT2D eigenvalue weighted by atomic mass is 16.4. The number of carbonyl (C=O) groups excluding carboxylic acids is 1. The van der Waals surface area contributed by atoms with Crippen molar-refractivity contribution in [3.8, 4) is 11.5 Å². The molecule has 6 nitrogen and oxygen atoms in total. The van der Waals surface area contributed by atoms with Crippen LogP contribution in [0.2, 0.25) is 0 Å². The third-order valence-corrected chi connectivity index (χ3v) is 3.20. The van der Waals surface area contributed by atoms with Crippen molar-refractivity contribution in [1.29, 1.82) is 0 Å². The van der Waals surface area contributed by atoms with E-state index in [1.54, 1.807) is 19.9 Å². The number of hydrogen-bond acceptors (Lipinski definition) is 5. The number of aryl methyl sites for hydroxylation is 3. The summed E-state index contributed by atoms with van der Waals surface area (Å²) >= 11 is 0. The molecule has 0 saturated heterocycles. The molecule has 112 valence electrons. The van der Waals surface area contributed by atoms with Gasteiger partial charge in [0.05, 0.1) is 5.56 Å². The summed E-state index contributed by atoms with van der Waals surface area (Å²) < 4.78 is 10.8. The van der Waals surface area contributed by atoms with Gasteiger partial charge in [-0.05, 0) is 39.0 Å². The van der Waals surface area contributed by atoms with Crippen LogP contribution in [0, 0.1) is 20.8 Å². The van der Waals surface area contributed by atoms with Crippen LogP contribution in [0.15, 0.2) is 39.2 Å². The van der Waals surface area contributed by atoms with E-state index in [0.29, 0.717) is 23.0 Å². The first-order valence-corrected chi connectivity index (χ1v) is 6.82. The Morgan fingerprint density at radius 3 is 2.59 bits per heavy atom. The van der Waals surface area contributed by atoms with Gasteiger partial charge in [0.25, 0.3) is 5.91 Å². The minimum Gasteiger partial charge on any atom is -0.466 e. The molecule has 2 heterocycles. The van der Waals surface area contributed by atoms with Crippen molar-refractivity contribution in [3.63, 3.8) is 0 Å². The molecule has 0 unspecified atom stereocenters. The summed E-state index contributed by atoms with van der Waals surface area (Å²) in [4.78, 5) is 12.1. The molecule has 0 aliphatic carbocycles. The normalized spacial score (nSPS) is 10.7. The highest BCUT2D eigenvalue weighted by molar-refractivity contribution is 6.03. The number of carbonyl (C=O) groups is 1. The molecular formula is C16H15N3O3. The van der Waals surface area contributed by atoms with Crippen LogP contribution >= 0.6 is 0 Å². The quantitative estimate of drug-likeness (QED) is 0.800. The predicted octanol–water partition coefficient (Wildman–Crippen LogP) is 3.51. The average molecular weight is 297 g/mol. The maximum atomic E-state index is 12.1. The van der Waals surface area contributed by atoms with Gasteiger partial charge in [-0.2, -0.15) is 0 Å². The van der Waals surface area contributed by atoms with Gasteiger partial charge in [0, 0.05) is 5.56 Å². The number of furan rings is 1. The van der Waals surface area contributed by atoms with Gasteiger partial charge in [-0.25, -0.2) is 0 Å². The lowest BCUT2D eigenvalue weighted by Gasteiger charge is -1.98. The molecule has 0 aliphatic heterocycles. The van der Waals surface area contributed by atoms with E-state index in [4.69, 9.17) is 8.83 Å². The maximum absolute atomic E-state index is 12.1. The van der Waals surface area contributed by atoms with Crippen molar-refractivity contribution in [2.75, 3.05) is 5.32 Å². The molecule has 2 aromatic heterocycles. The third kappa shape index (κ3) is 2.76. The molecule has 22 heavy (non-hydrogen) atoms. The second kappa shape index (κ2) is 5.48. The molecule has 1 amide bonds. The number of nitrogens with one attached hydrogen (secondary N) is 1. The number of anilines is 1. The van der Waals surface area contributed by atoms with Gasteiger partial charge in [-0.1, -0.05) is 22.8 Å². The Morgan fingerprint density at radius 1 is 1.09 bits per heavy atom. The number of aromatic nitrogens is 2. The van der Waals surface area contributed by atoms with E-state index in [2.05, 4.69) is 15.5 Å². The van der Waals surface area contributed by atoms with Gasteiger partial charge in [0.1, 0.15) is 11.5 Å². The SMILES string of the molecule is Cc1cccc(-c2nnc(NC(=O)c3cc(C)oc3C)o2)c1. The molecule has 0 radical (unpaired) electrons. The Bertz CT molecular complexity index is 833. The van der Waals surface area contributed by atoms with Gasteiger partial charge >= 0.3 is 6.01 Å². The van der Waals surface area contributed by atoms with E-state index in [1.807, 2.05) is 31.2 Å². The number of amides is 1. The van der Waals surface area contributed by atoms with Crippen LogP contribution in [-0.2, 0) is 0 Å². The van der Waals surface area contributed by atoms with Crippen LogP contribution in [-0.4, -0.2) is 16.1 Å². The number of rotatable bonds is 3. The van der Waals surface area contributed by atoms with Crippen molar-refractivity contribution in [3.05, 3.63) is 53.0 Å². The monoisotopic (exact) mass is 297 g/mol. The topological polar surface area (TPSA) is 81.2 Å². The number of benzene rings is 1. The van der Waals surface area contributed by atoms with Gasteiger partial charge in [-0.3, -0.25) is 10.1 Å². The first kappa shape index (κ1) is 14.1. The van der Waals surface area contributed by atoms with Gasteiger partial charge < -0.3 is 8.83 Å². The molecule has 6 heteroatoms. The molecule has 3 aromatic rings. The second-order valence-electron chi connectivity index (χ2n) is 5.06. The fourth-order valence-corrected chi connectivity index (χ4v) is 2.19. The lowest BCUT2D eigenvalue weighted by Crippen LogP contribution is -2.12. The molecule has 3 rings (SSSR count). The van der Waals surface area contributed by atoms with E-state index >= 15 is 0 Å². The molecular weight excluding hydrogens is 282 g/mol. The zero-order valence-corrected chi connectivity index (χ0v) is 12.5. The Labute approximate surface area is 127 Å². The Balaban J connectivity index is 1.80. The summed E-state index contributed by atoms with van der Waals surface area (Å²) in [6.45, 7) is 5.49. The molecule has 1 aromatic carbocycles. The molecule has 0 spiro atoms. The summed E-state index contributed by atoms with van der Waals surface area (Å²) in [5, 5.41) is 10.4. The van der Waals surface area contributed by atoms with E-state index in [-0.39, 0.29) is 11.9 Å². The van der Waals surface area contributed by atoms with Crippen LogP contribution in [0.3, 0.4) is 0 Å². The van der Waals surface area contributed by atoms with Crippen molar-refractivity contribution in [2.24, 2.45) is 0 Å². The summed E-state index contributed by atoms with van der Waals surface area (Å²) in [7, 11) is 0. The number of nitrogens with zero attached hydrogens (tertiary/aromatic N) is 2. The summed E-state index contributed by atoms with van der Waals surface area (Å²) in [6, 6.07) is 9.41. The van der Waals surface area contributed by atoms with Crippen molar-refractivity contribution in [2.45, 2.75) is 20.8 Å². The minimum atomic E-state index is -0.339. The zero-order chi connectivity index (χ0) is 15.7. The largest absolute Gasteiger partial charge is 0.466 e.